The number of likely N-dealkylation sites (N-methyl/N-ethyl adjacent to an activating group) is 1. The van der Waals surface area contributed by atoms with Crippen LogP contribution in [0.3, 0.4) is 0 Å². The minimum Gasteiger partial charge on any atom is -0.478 e. The van der Waals surface area contributed by atoms with Gasteiger partial charge in [-0.3, -0.25) is 4.79 Å². The minimum atomic E-state index is -1.04. The van der Waals surface area contributed by atoms with Gasteiger partial charge in [-0.2, -0.15) is 0 Å². The summed E-state index contributed by atoms with van der Waals surface area (Å²) in [4.78, 5) is 24.5. The Bertz CT molecular complexity index is 307. The molecule has 4 heteroatoms. The lowest BCUT2D eigenvalue weighted by Gasteiger charge is -2.27. The SMILES string of the molecule is CCC(C)N(CC)C(=O)C(C)=C(C)C(=O)O. The number of carbonyl (C=O) groups is 2. The molecule has 0 radical (unpaired) electrons. The van der Waals surface area contributed by atoms with Crippen LogP contribution in [0, 0.1) is 0 Å². The third-order valence-corrected chi connectivity index (χ3v) is 2.93. The predicted octanol–water partition coefficient (Wildman–Crippen LogP) is 2.05. The molecule has 0 fully saturated rings. The van der Waals surface area contributed by atoms with E-state index in [0.717, 1.165) is 6.42 Å². The van der Waals surface area contributed by atoms with Crippen molar-refractivity contribution in [2.45, 2.75) is 47.1 Å². The maximum atomic E-state index is 12.0. The first-order valence-corrected chi connectivity index (χ1v) is 5.58. The Hall–Kier alpha value is -1.32. The van der Waals surface area contributed by atoms with Gasteiger partial charge >= 0.3 is 5.97 Å². The fourth-order valence-corrected chi connectivity index (χ4v) is 1.41. The molecule has 16 heavy (non-hydrogen) atoms. The monoisotopic (exact) mass is 227 g/mol. The molecule has 0 bridgehead atoms. The van der Waals surface area contributed by atoms with Crippen molar-refractivity contribution >= 4 is 11.9 Å². The molecular formula is C12H21NO3. The lowest BCUT2D eigenvalue weighted by Crippen LogP contribution is -2.39. The number of amides is 1. The summed E-state index contributed by atoms with van der Waals surface area (Å²) < 4.78 is 0. The molecule has 0 aliphatic rings. The number of aliphatic carboxylic acids is 1. The number of carbonyl (C=O) groups excluding carboxylic acids is 1. The van der Waals surface area contributed by atoms with E-state index in [9.17, 15) is 9.59 Å². The van der Waals surface area contributed by atoms with Crippen molar-refractivity contribution in [1.29, 1.82) is 0 Å². The van der Waals surface area contributed by atoms with Crippen LogP contribution >= 0.6 is 0 Å². The maximum absolute atomic E-state index is 12.0. The summed E-state index contributed by atoms with van der Waals surface area (Å²) in [5.74, 6) is -1.22. The second-order valence-corrected chi connectivity index (χ2v) is 3.90. The summed E-state index contributed by atoms with van der Waals surface area (Å²) in [5, 5.41) is 8.82. The van der Waals surface area contributed by atoms with Gasteiger partial charge < -0.3 is 10.0 Å². The van der Waals surface area contributed by atoms with Crippen LogP contribution < -0.4 is 0 Å². The second kappa shape index (κ2) is 6.30. The van der Waals surface area contributed by atoms with Crippen molar-refractivity contribution < 1.29 is 14.7 Å². The molecule has 0 rings (SSSR count). The summed E-state index contributed by atoms with van der Waals surface area (Å²) in [6.07, 6.45) is 0.860. The first-order valence-electron chi connectivity index (χ1n) is 5.58. The zero-order chi connectivity index (χ0) is 12.9. The van der Waals surface area contributed by atoms with Crippen molar-refractivity contribution in [2.24, 2.45) is 0 Å². The van der Waals surface area contributed by atoms with E-state index in [1.165, 1.54) is 6.92 Å². The van der Waals surface area contributed by atoms with Crippen LogP contribution in [-0.4, -0.2) is 34.5 Å². The van der Waals surface area contributed by atoms with Gasteiger partial charge in [-0.1, -0.05) is 6.92 Å². The predicted molar refractivity (Wildman–Crippen MR) is 63.1 cm³/mol. The molecule has 0 aliphatic carbocycles. The molecule has 0 aromatic rings. The van der Waals surface area contributed by atoms with Crippen molar-refractivity contribution in [3.63, 3.8) is 0 Å². The quantitative estimate of drug-likeness (QED) is 0.731. The zero-order valence-electron chi connectivity index (χ0n) is 10.7. The summed E-state index contributed by atoms with van der Waals surface area (Å²) >= 11 is 0. The fraction of sp³-hybridized carbons (Fsp3) is 0.667. The Morgan fingerprint density at radius 1 is 1.19 bits per heavy atom. The molecular weight excluding hydrogens is 206 g/mol. The molecule has 0 spiro atoms. The molecule has 0 aromatic heterocycles. The van der Waals surface area contributed by atoms with Crippen LogP contribution in [0.25, 0.3) is 0 Å². The normalized spacial score (nSPS) is 14.1. The van der Waals surface area contributed by atoms with Gasteiger partial charge in [-0.15, -0.1) is 0 Å². The van der Waals surface area contributed by atoms with Crippen molar-refractivity contribution in [2.75, 3.05) is 6.54 Å². The topological polar surface area (TPSA) is 57.6 Å². The molecule has 4 nitrogen and oxygen atoms in total. The maximum Gasteiger partial charge on any atom is 0.331 e. The van der Waals surface area contributed by atoms with Gasteiger partial charge in [-0.05, 0) is 34.1 Å². The zero-order valence-corrected chi connectivity index (χ0v) is 10.7. The largest absolute Gasteiger partial charge is 0.478 e. The van der Waals surface area contributed by atoms with E-state index in [1.54, 1.807) is 11.8 Å². The van der Waals surface area contributed by atoms with E-state index in [4.69, 9.17) is 5.11 Å². The summed E-state index contributed by atoms with van der Waals surface area (Å²) in [7, 11) is 0. The lowest BCUT2D eigenvalue weighted by atomic mass is 10.1. The minimum absolute atomic E-state index is 0.117. The molecule has 0 aromatic carbocycles. The van der Waals surface area contributed by atoms with Crippen LogP contribution in [0.1, 0.15) is 41.0 Å². The molecule has 1 unspecified atom stereocenters. The van der Waals surface area contributed by atoms with Crippen LogP contribution in [0.4, 0.5) is 0 Å². The van der Waals surface area contributed by atoms with E-state index in [0.29, 0.717) is 12.1 Å². The van der Waals surface area contributed by atoms with Gasteiger partial charge in [0, 0.05) is 23.7 Å². The molecule has 0 saturated heterocycles. The van der Waals surface area contributed by atoms with Gasteiger partial charge in [0.15, 0.2) is 0 Å². The molecule has 0 aliphatic heterocycles. The van der Waals surface area contributed by atoms with Gasteiger partial charge in [0.2, 0.25) is 5.91 Å². The number of hydrogen-bond acceptors (Lipinski definition) is 2. The van der Waals surface area contributed by atoms with Crippen LogP contribution in [-0.2, 0) is 9.59 Å². The average molecular weight is 227 g/mol. The summed E-state index contributed by atoms with van der Waals surface area (Å²) in [6.45, 7) is 9.48. The van der Waals surface area contributed by atoms with Gasteiger partial charge in [0.25, 0.3) is 0 Å². The van der Waals surface area contributed by atoms with E-state index >= 15 is 0 Å². The standard InChI is InChI=1S/C12H21NO3/c1-6-8(3)13(7-2)11(14)9(4)10(5)12(15)16/h8H,6-7H2,1-5H3,(H,15,16). The highest BCUT2D eigenvalue weighted by Crippen LogP contribution is 2.12. The van der Waals surface area contributed by atoms with Crippen LogP contribution in [0.15, 0.2) is 11.1 Å². The smallest absolute Gasteiger partial charge is 0.331 e. The van der Waals surface area contributed by atoms with Gasteiger partial charge in [0.1, 0.15) is 0 Å². The van der Waals surface area contributed by atoms with E-state index in [-0.39, 0.29) is 17.5 Å². The van der Waals surface area contributed by atoms with E-state index in [1.807, 2.05) is 20.8 Å². The molecule has 92 valence electrons. The average Bonchev–Trinajstić information content (AvgIpc) is 2.27. The molecule has 1 N–H and O–H groups in total. The number of carboxylic acid groups (broad SMARTS) is 1. The molecule has 0 saturated carbocycles. The van der Waals surface area contributed by atoms with Crippen molar-refractivity contribution in [3.8, 4) is 0 Å². The molecule has 1 atom stereocenters. The van der Waals surface area contributed by atoms with E-state index < -0.39 is 5.97 Å². The second-order valence-electron chi connectivity index (χ2n) is 3.90. The highest BCUT2D eigenvalue weighted by atomic mass is 16.4. The van der Waals surface area contributed by atoms with Crippen LogP contribution in [0.5, 0.6) is 0 Å². The third-order valence-electron chi connectivity index (χ3n) is 2.93. The Morgan fingerprint density at radius 3 is 2.00 bits per heavy atom. The van der Waals surface area contributed by atoms with Gasteiger partial charge in [0.05, 0.1) is 0 Å². The third kappa shape index (κ3) is 3.36. The Balaban J connectivity index is 5.03. The highest BCUT2D eigenvalue weighted by molar-refractivity contribution is 6.01. The Kier molecular flexibility index (Phi) is 5.78. The van der Waals surface area contributed by atoms with E-state index in [2.05, 4.69) is 0 Å². The first-order chi connectivity index (χ1) is 7.36. The summed E-state index contributed by atoms with van der Waals surface area (Å²) in [6, 6.07) is 0.133. The van der Waals surface area contributed by atoms with Gasteiger partial charge in [-0.25, -0.2) is 4.79 Å². The van der Waals surface area contributed by atoms with Crippen molar-refractivity contribution in [3.05, 3.63) is 11.1 Å². The van der Waals surface area contributed by atoms with Crippen LogP contribution in [0.2, 0.25) is 0 Å². The fourth-order valence-electron chi connectivity index (χ4n) is 1.41. The first kappa shape index (κ1) is 14.7. The molecule has 1 amide bonds. The van der Waals surface area contributed by atoms with Crippen molar-refractivity contribution in [1.82, 2.24) is 4.90 Å². The Labute approximate surface area is 96.9 Å². The highest BCUT2D eigenvalue weighted by Gasteiger charge is 2.21. The Morgan fingerprint density at radius 2 is 1.69 bits per heavy atom. The number of rotatable bonds is 5. The summed E-state index contributed by atoms with van der Waals surface area (Å²) in [5.41, 5.74) is 0.432. The number of nitrogens with zero attached hydrogens (tertiary/aromatic N) is 1. The number of hydrogen-bond donors (Lipinski definition) is 1. The lowest BCUT2D eigenvalue weighted by molar-refractivity contribution is -0.134. The number of carboxylic acids is 1. The molecule has 0 heterocycles.